The van der Waals surface area contributed by atoms with Gasteiger partial charge in [-0.25, -0.2) is 0 Å². The SMILES string of the molecule is Br.Cc1ccc(CC(C(=O)N2CCOCC2)n2c(=N)n(C(C)c3ccc(C)cc3)c3ccccc32)cc1. The molecule has 6 nitrogen and oxygen atoms in total. The van der Waals surface area contributed by atoms with Crippen molar-refractivity contribution in [3.05, 3.63) is 101 Å². The van der Waals surface area contributed by atoms with E-state index in [0.29, 0.717) is 38.3 Å². The van der Waals surface area contributed by atoms with Gasteiger partial charge < -0.3 is 14.2 Å². The summed E-state index contributed by atoms with van der Waals surface area (Å²) in [5, 5.41) is 9.37. The van der Waals surface area contributed by atoms with Gasteiger partial charge in [-0.2, -0.15) is 0 Å². The molecule has 0 saturated carbocycles. The normalized spacial score (nSPS) is 15.3. The maximum atomic E-state index is 14.0. The maximum absolute atomic E-state index is 14.0. The quantitative estimate of drug-likeness (QED) is 0.343. The fourth-order valence-electron chi connectivity index (χ4n) is 5.15. The lowest BCUT2D eigenvalue weighted by molar-refractivity contribution is -0.138. The monoisotopic (exact) mass is 562 g/mol. The van der Waals surface area contributed by atoms with Gasteiger partial charge >= 0.3 is 0 Å². The van der Waals surface area contributed by atoms with Crippen LogP contribution >= 0.6 is 17.0 Å². The van der Waals surface area contributed by atoms with Gasteiger partial charge in [-0.1, -0.05) is 71.8 Å². The third-order valence-electron chi connectivity index (χ3n) is 7.27. The zero-order valence-electron chi connectivity index (χ0n) is 21.7. The number of nitrogens with zero attached hydrogens (tertiary/aromatic N) is 3. The minimum atomic E-state index is -0.519. The number of hydrogen-bond donors (Lipinski definition) is 1. The van der Waals surface area contributed by atoms with Gasteiger partial charge in [0.2, 0.25) is 11.5 Å². The lowest BCUT2D eigenvalue weighted by Gasteiger charge is -2.31. The maximum Gasteiger partial charge on any atom is 0.246 e. The van der Waals surface area contributed by atoms with Gasteiger partial charge in [0.1, 0.15) is 6.04 Å². The lowest BCUT2D eigenvalue weighted by atomic mass is 10.0. The minimum Gasteiger partial charge on any atom is -0.378 e. The van der Waals surface area contributed by atoms with E-state index in [2.05, 4.69) is 79.9 Å². The summed E-state index contributed by atoms with van der Waals surface area (Å²) in [6.45, 7) is 8.53. The van der Waals surface area contributed by atoms with Crippen molar-refractivity contribution in [3.63, 3.8) is 0 Å². The van der Waals surface area contributed by atoms with E-state index < -0.39 is 6.04 Å². The molecule has 2 atom stereocenters. The number of morpholine rings is 1. The van der Waals surface area contributed by atoms with Crippen LogP contribution in [0.15, 0.2) is 72.8 Å². The number of imidazole rings is 1. The second-order valence-corrected chi connectivity index (χ2v) is 9.78. The molecule has 7 heteroatoms. The highest BCUT2D eigenvalue weighted by molar-refractivity contribution is 8.93. The van der Waals surface area contributed by atoms with Gasteiger partial charge in [-0.05, 0) is 44.0 Å². The van der Waals surface area contributed by atoms with Crippen molar-refractivity contribution in [2.24, 2.45) is 0 Å². The number of ether oxygens (including phenoxy) is 1. The van der Waals surface area contributed by atoms with E-state index in [4.69, 9.17) is 4.74 Å². The number of halogens is 1. The van der Waals surface area contributed by atoms with Gasteiger partial charge in [0.25, 0.3) is 0 Å². The van der Waals surface area contributed by atoms with Gasteiger partial charge in [0.15, 0.2) is 0 Å². The van der Waals surface area contributed by atoms with Crippen molar-refractivity contribution in [2.75, 3.05) is 26.3 Å². The summed E-state index contributed by atoms with van der Waals surface area (Å²) in [6.07, 6.45) is 0.528. The van der Waals surface area contributed by atoms with Crippen molar-refractivity contribution >= 4 is 33.9 Å². The molecule has 1 aliphatic heterocycles. The number of benzene rings is 3. The van der Waals surface area contributed by atoms with E-state index in [9.17, 15) is 10.2 Å². The molecule has 1 aliphatic rings. The van der Waals surface area contributed by atoms with Crippen LogP contribution in [-0.2, 0) is 16.0 Å². The van der Waals surface area contributed by atoms with Crippen LogP contribution in [0.5, 0.6) is 0 Å². The number of aromatic nitrogens is 2. The van der Waals surface area contributed by atoms with Crippen LogP contribution in [-0.4, -0.2) is 46.2 Å². The predicted octanol–water partition coefficient (Wildman–Crippen LogP) is 5.37. The summed E-state index contributed by atoms with van der Waals surface area (Å²) in [4.78, 5) is 15.9. The Balaban J connectivity index is 0.00000320. The van der Waals surface area contributed by atoms with Crippen molar-refractivity contribution in [2.45, 2.75) is 39.3 Å². The van der Waals surface area contributed by atoms with Crippen LogP contribution in [0, 0.1) is 19.3 Å². The molecular formula is C30H35BrN4O2. The largest absolute Gasteiger partial charge is 0.378 e. The van der Waals surface area contributed by atoms with Crippen LogP contribution in [0.1, 0.15) is 41.3 Å². The second-order valence-electron chi connectivity index (χ2n) is 9.78. The Bertz CT molecular complexity index is 1420. The molecule has 2 unspecified atom stereocenters. The highest BCUT2D eigenvalue weighted by Gasteiger charge is 2.31. The summed E-state index contributed by atoms with van der Waals surface area (Å²) in [7, 11) is 0. The number of nitrogens with one attached hydrogen (secondary N) is 1. The van der Waals surface area contributed by atoms with Crippen LogP contribution in [0.4, 0.5) is 0 Å². The third kappa shape index (κ3) is 5.43. The Morgan fingerprint density at radius 3 is 2.00 bits per heavy atom. The van der Waals surface area contributed by atoms with Crippen molar-refractivity contribution in [1.82, 2.24) is 14.0 Å². The molecule has 1 aromatic heterocycles. The average Bonchev–Trinajstić information content (AvgIpc) is 3.20. The molecule has 0 spiro atoms. The van der Waals surface area contributed by atoms with E-state index in [1.165, 1.54) is 11.1 Å². The number of fused-ring (bicyclic) bond motifs is 1. The van der Waals surface area contributed by atoms with E-state index in [1.807, 2.05) is 27.7 Å². The van der Waals surface area contributed by atoms with Crippen molar-refractivity contribution in [3.8, 4) is 0 Å². The van der Waals surface area contributed by atoms with Crippen molar-refractivity contribution < 1.29 is 9.53 Å². The van der Waals surface area contributed by atoms with Crippen LogP contribution in [0.3, 0.4) is 0 Å². The standard InChI is InChI=1S/C30H34N4O2.BrH/c1-21-8-12-24(13-9-21)20-28(29(35)32-16-18-36-19-17-32)34-27-7-5-4-6-26(27)33(30(34)31)23(3)25-14-10-22(2)11-15-25;/h4-15,23,28,31H,16-20H2,1-3H3;1H. The lowest BCUT2D eigenvalue weighted by Crippen LogP contribution is -2.46. The zero-order chi connectivity index (χ0) is 25.2. The number of rotatable bonds is 6. The van der Waals surface area contributed by atoms with Crippen LogP contribution in [0.2, 0.25) is 0 Å². The van der Waals surface area contributed by atoms with Crippen LogP contribution < -0.4 is 5.62 Å². The molecule has 1 fully saturated rings. The average molecular weight is 564 g/mol. The second kappa shape index (κ2) is 11.5. The summed E-state index contributed by atoms with van der Waals surface area (Å²) >= 11 is 0. The molecule has 194 valence electrons. The molecule has 0 radical (unpaired) electrons. The van der Waals surface area contributed by atoms with E-state index in [0.717, 1.165) is 22.2 Å². The topological polar surface area (TPSA) is 63.2 Å². The summed E-state index contributed by atoms with van der Waals surface area (Å²) < 4.78 is 9.50. The van der Waals surface area contributed by atoms with Gasteiger partial charge in [-0.15, -0.1) is 17.0 Å². The molecule has 37 heavy (non-hydrogen) atoms. The van der Waals surface area contributed by atoms with Gasteiger partial charge in [-0.3, -0.25) is 14.8 Å². The van der Waals surface area contributed by atoms with Crippen molar-refractivity contribution in [1.29, 1.82) is 5.41 Å². The fraction of sp³-hybridized carbons (Fsp3) is 0.333. The van der Waals surface area contributed by atoms with E-state index >= 15 is 0 Å². The number of hydrogen-bond acceptors (Lipinski definition) is 3. The zero-order valence-corrected chi connectivity index (χ0v) is 23.4. The Hall–Kier alpha value is -3.16. The molecule has 1 N–H and O–H groups in total. The minimum absolute atomic E-state index is 0. The smallest absolute Gasteiger partial charge is 0.246 e. The molecule has 1 amide bonds. The molecule has 2 heterocycles. The molecule has 1 saturated heterocycles. The molecular weight excluding hydrogens is 528 g/mol. The predicted molar refractivity (Wildman–Crippen MR) is 152 cm³/mol. The highest BCUT2D eigenvalue weighted by Crippen LogP contribution is 2.27. The molecule has 3 aromatic carbocycles. The molecule has 5 rings (SSSR count). The third-order valence-corrected chi connectivity index (χ3v) is 7.27. The molecule has 0 aliphatic carbocycles. The first-order valence-corrected chi connectivity index (χ1v) is 12.7. The first-order chi connectivity index (χ1) is 17.4. The Morgan fingerprint density at radius 1 is 0.865 bits per heavy atom. The number of carbonyl (C=O) groups is 1. The number of para-hydroxylation sites is 2. The van der Waals surface area contributed by atoms with E-state index in [1.54, 1.807) is 0 Å². The summed E-state index contributed by atoms with van der Waals surface area (Å²) in [6, 6.07) is 24.3. The molecule has 4 aromatic rings. The first kappa shape index (κ1) is 26.9. The Labute approximate surface area is 228 Å². The number of aryl methyl sites for hydroxylation is 2. The first-order valence-electron chi connectivity index (χ1n) is 12.7. The molecule has 0 bridgehead atoms. The summed E-state index contributed by atoms with van der Waals surface area (Å²) in [5.74, 6) is 0.0447. The Morgan fingerprint density at radius 2 is 1.41 bits per heavy atom. The number of amides is 1. The van der Waals surface area contributed by atoms with Crippen LogP contribution in [0.25, 0.3) is 11.0 Å². The highest BCUT2D eigenvalue weighted by atomic mass is 79.9. The Kier molecular flexibility index (Phi) is 8.35. The summed E-state index contributed by atoms with van der Waals surface area (Å²) in [5.41, 5.74) is 6.81. The number of carbonyl (C=O) groups excluding carboxylic acids is 1. The van der Waals surface area contributed by atoms with Gasteiger partial charge in [0.05, 0.1) is 30.3 Å². The van der Waals surface area contributed by atoms with Gasteiger partial charge in [0, 0.05) is 19.5 Å². The van der Waals surface area contributed by atoms with E-state index in [-0.39, 0.29) is 28.9 Å². The fourth-order valence-corrected chi connectivity index (χ4v) is 5.15.